The first-order chi connectivity index (χ1) is 11.3. The summed E-state index contributed by atoms with van der Waals surface area (Å²) in [6.45, 7) is 1.57. The van der Waals surface area contributed by atoms with Gasteiger partial charge in [-0.05, 0) is 43.9 Å². The zero-order valence-electron chi connectivity index (χ0n) is 13.1. The molecule has 1 N–H and O–H groups in total. The van der Waals surface area contributed by atoms with Crippen LogP contribution in [0.25, 0.3) is 0 Å². The summed E-state index contributed by atoms with van der Waals surface area (Å²) in [5, 5.41) is 7.59. The average Bonchev–Trinajstić information content (AvgIpc) is 3.05. The summed E-state index contributed by atoms with van der Waals surface area (Å²) in [5.74, 6) is 0.934. The molecule has 6 heteroatoms. The van der Waals surface area contributed by atoms with Crippen LogP contribution < -0.4 is 5.32 Å². The molecule has 1 saturated carbocycles. The molecule has 0 radical (unpaired) electrons. The van der Waals surface area contributed by atoms with Crippen molar-refractivity contribution in [1.29, 1.82) is 0 Å². The SMILES string of the molecule is O=C(c1ccc(NC2CC2)nc1)N1CCCC1Cn1cccn1. The van der Waals surface area contributed by atoms with Crippen LogP contribution >= 0.6 is 0 Å². The van der Waals surface area contributed by atoms with Crippen LogP contribution in [0.2, 0.25) is 0 Å². The molecule has 2 fully saturated rings. The summed E-state index contributed by atoms with van der Waals surface area (Å²) in [6.07, 6.45) is 9.91. The molecule has 3 heterocycles. The Morgan fingerprint density at radius 3 is 2.91 bits per heavy atom. The van der Waals surface area contributed by atoms with Crippen molar-refractivity contribution in [2.24, 2.45) is 0 Å². The molecule has 6 nitrogen and oxygen atoms in total. The van der Waals surface area contributed by atoms with Crippen LogP contribution in [0, 0.1) is 0 Å². The zero-order chi connectivity index (χ0) is 15.6. The van der Waals surface area contributed by atoms with Crippen molar-refractivity contribution in [2.75, 3.05) is 11.9 Å². The number of aromatic nitrogens is 3. The highest BCUT2D eigenvalue weighted by Gasteiger charge is 2.30. The van der Waals surface area contributed by atoms with Gasteiger partial charge in [0, 0.05) is 31.2 Å². The van der Waals surface area contributed by atoms with E-state index < -0.39 is 0 Å². The minimum atomic E-state index is 0.0742. The molecule has 120 valence electrons. The number of hydrogen-bond acceptors (Lipinski definition) is 4. The van der Waals surface area contributed by atoms with E-state index in [1.54, 1.807) is 12.4 Å². The lowest BCUT2D eigenvalue weighted by Gasteiger charge is -2.24. The predicted molar refractivity (Wildman–Crippen MR) is 87.2 cm³/mol. The average molecular weight is 311 g/mol. The van der Waals surface area contributed by atoms with E-state index in [0.717, 1.165) is 31.7 Å². The summed E-state index contributed by atoms with van der Waals surface area (Å²) in [5.41, 5.74) is 0.665. The Bertz CT molecular complexity index is 663. The monoisotopic (exact) mass is 311 g/mol. The van der Waals surface area contributed by atoms with Gasteiger partial charge in [0.2, 0.25) is 0 Å². The molecular weight excluding hydrogens is 290 g/mol. The zero-order valence-corrected chi connectivity index (χ0v) is 13.1. The van der Waals surface area contributed by atoms with Gasteiger partial charge in [0.1, 0.15) is 5.82 Å². The van der Waals surface area contributed by atoms with Crippen LogP contribution in [-0.4, -0.2) is 44.2 Å². The number of hydrogen-bond donors (Lipinski definition) is 1. The largest absolute Gasteiger partial charge is 0.367 e. The smallest absolute Gasteiger partial charge is 0.255 e. The molecule has 0 bridgehead atoms. The van der Waals surface area contributed by atoms with Crippen LogP contribution in [0.3, 0.4) is 0 Å². The fourth-order valence-electron chi connectivity index (χ4n) is 3.13. The van der Waals surface area contributed by atoms with Gasteiger partial charge < -0.3 is 10.2 Å². The lowest BCUT2D eigenvalue weighted by molar-refractivity contribution is 0.0721. The second-order valence-electron chi connectivity index (χ2n) is 6.37. The highest BCUT2D eigenvalue weighted by Crippen LogP contribution is 2.24. The molecular formula is C17H21N5O. The fraction of sp³-hybridized carbons (Fsp3) is 0.471. The normalized spacial score (nSPS) is 20.7. The van der Waals surface area contributed by atoms with Gasteiger partial charge in [0.25, 0.3) is 5.91 Å². The van der Waals surface area contributed by atoms with Gasteiger partial charge in [0.05, 0.1) is 18.2 Å². The Hall–Kier alpha value is -2.37. The van der Waals surface area contributed by atoms with Crippen LogP contribution in [0.1, 0.15) is 36.0 Å². The molecule has 0 spiro atoms. The molecule has 0 aromatic carbocycles. The highest BCUT2D eigenvalue weighted by molar-refractivity contribution is 5.94. The standard InChI is InChI=1S/C17H21N5O/c23-17(13-4-7-16(18-11-13)20-14-5-6-14)22-10-1-3-15(22)12-21-9-2-8-19-21/h2,4,7-9,11,14-15H,1,3,5-6,10,12H2,(H,18,20). The highest BCUT2D eigenvalue weighted by atomic mass is 16.2. The minimum absolute atomic E-state index is 0.0742. The predicted octanol–water partition coefficient (Wildman–Crippen LogP) is 2.16. The van der Waals surface area contributed by atoms with E-state index in [-0.39, 0.29) is 11.9 Å². The van der Waals surface area contributed by atoms with E-state index in [1.165, 1.54) is 12.8 Å². The lowest BCUT2D eigenvalue weighted by Crippen LogP contribution is -2.38. The third-order valence-corrected chi connectivity index (χ3v) is 4.53. The molecule has 1 atom stereocenters. The molecule has 23 heavy (non-hydrogen) atoms. The molecule has 4 rings (SSSR count). The maximum atomic E-state index is 12.8. The van der Waals surface area contributed by atoms with Gasteiger partial charge in [-0.1, -0.05) is 0 Å². The van der Waals surface area contributed by atoms with Gasteiger partial charge in [-0.25, -0.2) is 4.98 Å². The number of pyridine rings is 1. The van der Waals surface area contributed by atoms with E-state index in [1.807, 2.05) is 34.0 Å². The van der Waals surface area contributed by atoms with Crippen LogP contribution in [0.5, 0.6) is 0 Å². The van der Waals surface area contributed by atoms with Gasteiger partial charge in [-0.2, -0.15) is 5.10 Å². The maximum Gasteiger partial charge on any atom is 0.255 e. The first-order valence-electron chi connectivity index (χ1n) is 8.30. The number of carbonyl (C=O) groups is 1. The Morgan fingerprint density at radius 1 is 1.30 bits per heavy atom. The third kappa shape index (κ3) is 3.21. The van der Waals surface area contributed by atoms with Crippen molar-refractivity contribution in [3.63, 3.8) is 0 Å². The third-order valence-electron chi connectivity index (χ3n) is 4.53. The molecule has 2 aromatic rings. The minimum Gasteiger partial charge on any atom is -0.367 e. The molecule has 1 amide bonds. The Kier molecular flexibility index (Phi) is 3.73. The second-order valence-corrected chi connectivity index (χ2v) is 6.37. The summed E-state index contributed by atoms with van der Waals surface area (Å²) in [7, 11) is 0. The van der Waals surface area contributed by atoms with Crippen molar-refractivity contribution in [2.45, 2.75) is 44.3 Å². The lowest BCUT2D eigenvalue weighted by atomic mass is 10.2. The maximum absolute atomic E-state index is 12.8. The number of amides is 1. The van der Waals surface area contributed by atoms with E-state index in [9.17, 15) is 4.79 Å². The van der Waals surface area contributed by atoms with Crippen LogP contribution in [0.4, 0.5) is 5.82 Å². The van der Waals surface area contributed by atoms with Gasteiger partial charge in [-0.3, -0.25) is 9.48 Å². The summed E-state index contributed by atoms with van der Waals surface area (Å²) < 4.78 is 1.90. The Morgan fingerprint density at radius 2 is 2.22 bits per heavy atom. The van der Waals surface area contributed by atoms with Gasteiger partial charge >= 0.3 is 0 Å². The number of likely N-dealkylation sites (tertiary alicyclic amines) is 1. The van der Waals surface area contributed by atoms with Crippen LogP contribution in [0.15, 0.2) is 36.8 Å². The van der Waals surface area contributed by atoms with E-state index >= 15 is 0 Å². The van der Waals surface area contributed by atoms with E-state index in [4.69, 9.17) is 0 Å². The summed E-state index contributed by atoms with van der Waals surface area (Å²) in [6, 6.07) is 6.48. The quantitative estimate of drug-likeness (QED) is 0.919. The van der Waals surface area contributed by atoms with Gasteiger partial charge in [0.15, 0.2) is 0 Å². The molecule has 1 saturated heterocycles. The topological polar surface area (TPSA) is 63.1 Å². The number of anilines is 1. The summed E-state index contributed by atoms with van der Waals surface area (Å²) in [4.78, 5) is 19.1. The molecule has 2 aliphatic rings. The molecule has 1 unspecified atom stereocenters. The van der Waals surface area contributed by atoms with E-state index in [2.05, 4.69) is 15.4 Å². The summed E-state index contributed by atoms with van der Waals surface area (Å²) >= 11 is 0. The molecule has 2 aromatic heterocycles. The Balaban J connectivity index is 1.44. The van der Waals surface area contributed by atoms with Crippen molar-refractivity contribution in [3.05, 3.63) is 42.4 Å². The number of carbonyl (C=O) groups excluding carboxylic acids is 1. The first kappa shape index (κ1) is 14.2. The second kappa shape index (κ2) is 6.02. The number of nitrogens with one attached hydrogen (secondary N) is 1. The van der Waals surface area contributed by atoms with E-state index in [0.29, 0.717) is 11.6 Å². The van der Waals surface area contributed by atoms with Crippen molar-refractivity contribution in [1.82, 2.24) is 19.7 Å². The number of nitrogens with zero attached hydrogens (tertiary/aromatic N) is 4. The number of rotatable bonds is 5. The first-order valence-corrected chi connectivity index (χ1v) is 8.30. The van der Waals surface area contributed by atoms with Crippen molar-refractivity contribution < 1.29 is 4.79 Å². The molecule has 1 aliphatic carbocycles. The fourth-order valence-corrected chi connectivity index (χ4v) is 3.13. The van der Waals surface area contributed by atoms with Crippen molar-refractivity contribution >= 4 is 11.7 Å². The van der Waals surface area contributed by atoms with Crippen LogP contribution in [-0.2, 0) is 6.54 Å². The Labute approximate surface area is 135 Å². The molecule has 1 aliphatic heterocycles. The van der Waals surface area contributed by atoms with Gasteiger partial charge in [-0.15, -0.1) is 0 Å². The van der Waals surface area contributed by atoms with Crippen molar-refractivity contribution in [3.8, 4) is 0 Å².